The minimum absolute atomic E-state index is 0.231. The molecule has 0 spiro atoms. The number of phenolic OH excluding ortho intramolecular Hbond substituents is 1. The van der Waals surface area contributed by atoms with Gasteiger partial charge in [0.2, 0.25) is 0 Å². The van der Waals surface area contributed by atoms with Crippen LogP contribution in [0.4, 0.5) is 0 Å². The van der Waals surface area contributed by atoms with Crippen LogP contribution in [0.25, 0.3) is 10.8 Å². The Kier molecular flexibility index (Phi) is 3.87. The fraction of sp³-hybridized carbons (Fsp3) is 0.375. The summed E-state index contributed by atoms with van der Waals surface area (Å²) in [6.45, 7) is 5.34. The molecule has 0 fully saturated rings. The van der Waals surface area contributed by atoms with E-state index in [1.54, 1.807) is 0 Å². The first-order valence-corrected chi connectivity index (χ1v) is 6.56. The van der Waals surface area contributed by atoms with Gasteiger partial charge in [0.1, 0.15) is 5.75 Å². The van der Waals surface area contributed by atoms with Gasteiger partial charge in [-0.25, -0.2) is 0 Å². The molecule has 0 aromatic heterocycles. The Bertz CT molecular complexity index is 536. The molecule has 0 radical (unpaired) electrons. The molecule has 2 nitrogen and oxygen atoms in total. The lowest BCUT2D eigenvalue weighted by Crippen LogP contribution is -2.23. The number of fused-ring (bicyclic) bond motifs is 1. The molecule has 0 aliphatic rings. The second-order valence-corrected chi connectivity index (χ2v) is 4.88. The SMILES string of the molecule is CCCN(C)C(C)c1ccc2ccccc2c1O. The van der Waals surface area contributed by atoms with Crippen molar-refractivity contribution in [3.63, 3.8) is 0 Å². The average molecular weight is 243 g/mol. The highest BCUT2D eigenvalue weighted by Crippen LogP contribution is 2.34. The van der Waals surface area contributed by atoms with Crippen LogP contribution in [0.15, 0.2) is 36.4 Å². The number of benzene rings is 2. The maximum absolute atomic E-state index is 10.4. The minimum Gasteiger partial charge on any atom is -0.507 e. The molecule has 2 rings (SSSR count). The van der Waals surface area contributed by atoms with Crippen molar-refractivity contribution in [2.45, 2.75) is 26.3 Å². The molecular weight excluding hydrogens is 222 g/mol. The van der Waals surface area contributed by atoms with Gasteiger partial charge >= 0.3 is 0 Å². The first-order chi connectivity index (χ1) is 8.65. The molecule has 0 amide bonds. The summed E-state index contributed by atoms with van der Waals surface area (Å²) in [4.78, 5) is 2.27. The van der Waals surface area contributed by atoms with Crippen LogP contribution >= 0.6 is 0 Å². The topological polar surface area (TPSA) is 23.5 Å². The van der Waals surface area contributed by atoms with E-state index in [1.807, 2.05) is 30.3 Å². The lowest BCUT2D eigenvalue weighted by molar-refractivity contribution is 0.257. The van der Waals surface area contributed by atoms with Gasteiger partial charge in [0.05, 0.1) is 0 Å². The summed E-state index contributed by atoms with van der Waals surface area (Å²) in [6.07, 6.45) is 1.12. The van der Waals surface area contributed by atoms with Gasteiger partial charge in [-0.3, -0.25) is 4.90 Å². The molecule has 1 N–H and O–H groups in total. The summed E-state index contributed by atoms with van der Waals surface area (Å²) in [5, 5.41) is 12.4. The molecule has 1 unspecified atom stereocenters. The first-order valence-electron chi connectivity index (χ1n) is 6.56. The van der Waals surface area contributed by atoms with E-state index in [4.69, 9.17) is 0 Å². The molecular formula is C16H21NO. The molecule has 1 atom stereocenters. The molecule has 2 aromatic rings. The fourth-order valence-electron chi connectivity index (χ4n) is 2.39. The Morgan fingerprint density at radius 1 is 1.17 bits per heavy atom. The highest BCUT2D eigenvalue weighted by molar-refractivity contribution is 5.89. The van der Waals surface area contributed by atoms with E-state index in [1.165, 1.54) is 0 Å². The van der Waals surface area contributed by atoms with Gasteiger partial charge < -0.3 is 5.11 Å². The van der Waals surface area contributed by atoms with Crippen LogP contribution < -0.4 is 0 Å². The number of hydrogen-bond donors (Lipinski definition) is 1. The normalized spacial score (nSPS) is 13.1. The summed E-state index contributed by atoms with van der Waals surface area (Å²) in [7, 11) is 2.10. The van der Waals surface area contributed by atoms with Gasteiger partial charge in [-0.15, -0.1) is 0 Å². The van der Waals surface area contributed by atoms with E-state index in [2.05, 4.69) is 31.9 Å². The van der Waals surface area contributed by atoms with Gasteiger partial charge in [-0.1, -0.05) is 43.3 Å². The number of phenols is 1. The minimum atomic E-state index is 0.231. The van der Waals surface area contributed by atoms with Crippen molar-refractivity contribution in [2.24, 2.45) is 0 Å². The van der Waals surface area contributed by atoms with E-state index in [-0.39, 0.29) is 6.04 Å². The van der Waals surface area contributed by atoms with Gasteiger partial charge in [0, 0.05) is 17.0 Å². The number of nitrogens with zero attached hydrogens (tertiary/aromatic N) is 1. The lowest BCUT2D eigenvalue weighted by Gasteiger charge is -2.25. The first kappa shape index (κ1) is 12.9. The second kappa shape index (κ2) is 5.40. The van der Waals surface area contributed by atoms with Crippen LogP contribution in [0, 0.1) is 0 Å². The van der Waals surface area contributed by atoms with Crippen molar-refractivity contribution in [1.82, 2.24) is 4.90 Å². The zero-order valence-corrected chi connectivity index (χ0v) is 11.4. The zero-order valence-electron chi connectivity index (χ0n) is 11.4. The molecule has 96 valence electrons. The largest absolute Gasteiger partial charge is 0.507 e. The predicted octanol–water partition coefficient (Wildman–Crippen LogP) is 3.95. The maximum atomic E-state index is 10.4. The van der Waals surface area contributed by atoms with E-state index in [9.17, 15) is 5.11 Å². The fourth-order valence-corrected chi connectivity index (χ4v) is 2.39. The molecule has 0 saturated carbocycles. The molecule has 2 aromatic carbocycles. The molecule has 2 heteroatoms. The van der Waals surface area contributed by atoms with E-state index < -0.39 is 0 Å². The van der Waals surface area contributed by atoms with Crippen LogP contribution in [0.2, 0.25) is 0 Å². The van der Waals surface area contributed by atoms with Gasteiger partial charge in [-0.05, 0) is 32.3 Å². The number of rotatable bonds is 4. The lowest BCUT2D eigenvalue weighted by atomic mass is 10.0. The average Bonchev–Trinajstić information content (AvgIpc) is 2.39. The van der Waals surface area contributed by atoms with E-state index in [0.29, 0.717) is 5.75 Å². The third kappa shape index (κ3) is 2.34. The molecule has 0 aliphatic heterocycles. The van der Waals surface area contributed by atoms with Crippen LogP contribution in [0.5, 0.6) is 5.75 Å². The second-order valence-electron chi connectivity index (χ2n) is 4.88. The van der Waals surface area contributed by atoms with Gasteiger partial charge in [0.15, 0.2) is 0 Å². The number of aromatic hydroxyl groups is 1. The van der Waals surface area contributed by atoms with Crippen molar-refractivity contribution in [1.29, 1.82) is 0 Å². The van der Waals surface area contributed by atoms with Gasteiger partial charge in [0.25, 0.3) is 0 Å². The summed E-state index contributed by atoms with van der Waals surface area (Å²) in [5.41, 5.74) is 1.00. The third-order valence-corrected chi connectivity index (χ3v) is 3.62. The summed E-state index contributed by atoms with van der Waals surface area (Å²) < 4.78 is 0. The van der Waals surface area contributed by atoms with Crippen LogP contribution in [0.3, 0.4) is 0 Å². The summed E-state index contributed by atoms with van der Waals surface area (Å²) >= 11 is 0. The monoisotopic (exact) mass is 243 g/mol. The molecule has 0 aliphatic carbocycles. The Morgan fingerprint density at radius 2 is 1.89 bits per heavy atom. The predicted molar refractivity (Wildman–Crippen MR) is 76.9 cm³/mol. The van der Waals surface area contributed by atoms with Crippen LogP contribution in [-0.4, -0.2) is 23.6 Å². The zero-order chi connectivity index (χ0) is 13.1. The molecule has 18 heavy (non-hydrogen) atoms. The summed E-state index contributed by atoms with van der Waals surface area (Å²) in [6, 6.07) is 12.3. The standard InChI is InChI=1S/C16H21NO/c1-4-11-17(3)12(2)14-10-9-13-7-5-6-8-15(13)16(14)18/h5-10,12,18H,4,11H2,1-3H3. The third-order valence-electron chi connectivity index (χ3n) is 3.62. The molecule has 0 heterocycles. The molecule has 0 bridgehead atoms. The van der Waals surface area contributed by atoms with Crippen molar-refractivity contribution in [2.75, 3.05) is 13.6 Å². The highest BCUT2D eigenvalue weighted by atomic mass is 16.3. The van der Waals surface area contributed by atoms with E-state index >= 15 is 0 Å². The van der Waals surface area contributed by atoms with Crippen molar-refractivity contribution >= 4 is 10.8 Å². The Labute approximate surface area is 109 Å². The number of hydrogen-bond acceptors (Lipinski definition) is 2. The van der Waals surface area contributed by atoms with Crippen molar-refractivity contribution in [3.05, 3.63) is 42.0 Å². The smallest absolute Gasteiger partial charge is 0.128 e. The Balaban J connectivity index is 2.42. The Morgan fingerprint density at radius 3 is 2.61 bits per heavy atom. The molecule has 0 saturated heterocycles. The van der Waals surface area contributed by atoms with Crippen LogP contribution in [-0.2, 0) is 0 Å². The summed E-state index contributed by atoms with van der Waals surface area (Å²) in [5.74, 6) is 0.420. The quantitative estimate of drug-likeness (QED) is 0.879. The maximum Gasteiger partial charge on any atom is 0.128 e. The van der Waals surface area contributed by atoms with Crippen LogP contribution in [0.1, 0.15) is 31.9 Å². The van der Waals surface area contributed by atoms with Gasteiger partial charge in [-0.2, -0.15) is 0 Å². The van der Waals surface area contributed by atoms with E-state index in [0.717, 1.165) is 29.3 Å². The van der Waals surface area contributed by atoms with Crippen molar-refractivity contribution < 1.29 is 5.11 Å². The highest BCUT2D eigenvalue weighted by Gasteiger charge is 2.16. The Hall–Kier alpha value is -1.54. The van der Waals surface area contributed by atoms with Crippen molar-refractivity contribution in [3.8, 4) is 5.75 Å².